The molecule has 0 fully saturated rings. The summed E-state index contributed by atoms with van der Waals surface area (Å²) in [4.78, 5) is 7.92. The van der Waals surface area contributed by atoms with Crippen LogP contribution in [0.2, 0.25) is 0 Å². The second-order valence-electron chi connectivity index (χ2n) is 3.24. The van der Waals surface area contributed by atoms with Gasteiger partial charge >= 0.3 is 0 Å². The van der Waals surface area contributed by atoms with Crippen LogP contribution in [0.25, 0.3) is 0 Å². The highest BCUT2D eigenvalue weighted by Gasteiger charge is 2.19. The molecule has 0 aromatic carbocycles. The third-order valence-electron chi connectivity index (χ3n) is 1.65. The largest absolute Gasteiger partial charge is 0.370 e. The number of rotatable bonds is 4. The molecule has 3 nitrogen and oxygen atoms in total. The van der Waals surface area contributed by atoms with E-state index >= 15 is 0 Å². The fraction of sp³-hybridized carbons (Fsp3) is 0.556. The fourth-order valence-corrected chi connectivity index (χ4v) is 0.965. The summed E-state index contributed by atoms with van der Waals surface area (Å²) in [7, 11) is 0. The van der Waals surface area contributed by atoms with Crippen molar-refractivity contribution < 1.29 is 8.78 Å². The van der Waals surface area contributed by atoms with Gasteiger partial charge in [-0.05, 0) is 19.9 Å². The summed E-state index contributed by atoms with van der Waals surface area (Å²) in [6.07, 6.45) is 1.39. The van der Waals surface area contributed by atoms with E-state index in [2.05, 4.69) is 15.3 Å². The van der Waals surface area contributed by atoms with E-state index in [1.54, 1.807) is 19.2 Å². The Morgan fingerprint density at radius 2 is 2.21 bits per heavy atom. The molecule has 0 bridgehead atoms. The van der Waals surface area contributed by atoms with Gasteiger partial charge in [-0.1, -0.05) is 0 Å². The van der Waals surface area contributed by atoms with Crippen LogP contribution in [0.4, 0.5) is 14.6 Å². The van der Waals surface area contributed by atoms with Gasteiger partial charge in [0.25, 0.3) is 0 Å². The number of aryl methyl sites for hydroxylation is 1. The highest BCUT2D eigenvalue weighted by Crippen LogP contribution is 2.16. The molecule has 0 amide bonds. The van der Waals surface area contributed by atoms with Crippen LogP contribution in [0.5, 0.6) is 0 Å². The van der Waals surface area contributed by atoms with Gasteiger partial charge in [-0.25, -0.2) is 18.7 Å². The smallest absolute Gasteiger partial charge is 0.247 e. The first-order chi connectivity index (χ1) is 6.47. The molecule has 0 unspecified atom stereocenters. The van der Waals surface area contributed by atoms with Crippen molar-refractivity contribution in [2.24, 2.45) is 0 Å². The molecule has 0 radical (unpaired) electrons. The lowest BCUT2D eigenvalue weighted by atomic mass is 10.3. The van der Waals surface area contributed by atoms with Gasteiger partial charge in [-0.2, -0.15) is 0 Å². The minimum atomic E-state index is -2.63. The maximum atomic E-state index is 12.4. The van der Waals surface area contributed by atoms with Crippen LogP contribution in [0.3, 0.4) is 0 Å². The topological polar surface area (TPSA) is 37.8 Å². The van der Waals surface area contributed by atoms with Crippen LogP contribution in [0.1, 0.15) is 19.2 Å². The molecule has 1 aromatic rings. The number of halogens is 2. The number of hydrogen-bond acceptors (Lipinski definition) is 3. The second-order valence-corrected chi connectivity index (χ2v) is 3.24. The van der Waals surface area contributed by atoms with Crippen molar-refractivity contribution in [3.05, 3.63) is 18.1 Å². The molecule has 0 saturated heterocycles. The molecule has 1 N–H and O–H groups in total. The molecule has 1 aromatic heterocycles. The number of nitrogens with zero attached hydrogens (tertiary/aromatic N) is 2. The SMILES string of the molecule is Cc1nccc(NCCC(C)(F)F)n1. The summed E-state index contributed by atoms with van der Waals surface area (Å²) >= 11 is 0. The maximum absolute atomic E-state index is 12.4. The fourth-order valence-electron chi connectivity index (χ4n) is 0.965. The monoisotopic (exact) mass is 201 g/mol. The van der Waals surface area contributed by atoms with Gasteiger partial charge in [0, 0.05) is 19.2 Å². The molecule has 0 aliphatic carbocycles. The Morgan fingerprint density at radius 3 is 2.79 bits per heavy atom. The summed E-state index contributed by atoms with van der Waals surface area (Å²) in [6, 6.07) is 1.65. The first-order valence-corrected chi connectivity index (χ1v) is 4.39. The van der Waals surface area contributed by atoms with E-state index in [1.165, 1.54) is 0 Å². The summed E-state index contributed by atoms with van der Waals surface area (Å²) < 4.78 is 24.9. The third-order valence-corrected chi connectivity index (χ3v) is 1.65. The quantitative estimate of drug-likeness (QED) is 0.811. The van der Waals surface area contributed by atoms with Gasteiger partial charge < -0.3 is 5.32 Å². The van der Waals surface area contributed by atoms with E-state index in [4.69, 9.17) is 0 Å². The molecule has 0 spiro atoms. The molecular formula is C9H13F2N3. The first kappa shape index (κ1) is 10.8. The van der Waals surface area contributed by atoms with Gasteiger partial charge in [0.05, 0.1) is 0 Å². The normalized spacial score (nSPS) is 11.4. The Balaban J connectivity index is 2.39. The lowest BCUT2D eigenvalue weighted by molar-refractivity contribution is 0.0167. The standard InChI is InChI=1S/C9H13F2N3/c1-7-12-5-3-8(14-7)13-6-4-9(2,10)11/h3,5H,4,6H2,1-2H3,(H,12,13,14). The minimum Gasteiger partial charge on any atom is -0.370 e. The number of hydrogen-bond donors (Lipinski definition) is 1. The van der Waals surface area contributed by atoms with Gasteiger partial charge in [-0.3, -0.25) is 0 Å². The zero-order valence-electron chi connectivity index (χ0n) is 8.22. The predicted octanol–water partition coefficient (Wildman–Crippen LogP) is 2.24. The van der Waals surface area contributed by atoms with Crippen LogP contribution < -0.4 is 5.32 Å². The number of alkyl halides is 2. The van der Waals surface area contributed by atoms with Crippen molar-refractivity contribution in [1.29, 1.82) is 0 Å². The van der Waals surface area contributed by atoms with E-state index in [1.807, 2.05) is 0 Å². The summed E-state index contributed by atoms with van der Waals surface area (Å²) in [6.45, 7) is 2.86. The highest BCUT2D eigenvalue weighted by molar-refractivity contribution is 5.32. The van der Waals surface area contributed by atoms with Gasteiger partial charge in [0.1, 0.15) is 11.6 Å². The molecule has 5 heteroatoms. The van der Waals surface area contributed by atoms with Crippen molar-refractivity contribution in [1.82, 2.24) is 9.97 Å². The Hall–Kier alpha value is -1.26. The molecular weight excluding hydrogens is 188 g/mol. The van der Waals surface area contributed by atoms with Crippen LogP contribution in [-0.2, 0) is 0 Å². The van der Waals surface area contributed by atoms with E-state index in [9.17, 15) is 8.78 Å². The Bertz CT molecular complexity index is 296. The van der Waals surface area contributed by atoms with E-state index in [0.717, 1.165) is 6.92 Å². The van der Waals surface area contributed by atoms with Crippen LogP contribution in [-0.4, -0.2) is 22.4 Å². The van der Waals surface area contributed by atoms with Gasteiger partial charge in [-0.15, -0.1) is 0 Å². The highest BCUT2D eigenvalue weighted by atomic mass is 19.3. The van der Waals surface area contributed by atoms with Gasteiger partial charge in [0.15, 0.2) is 0 Å². The lowest BCUT2D eigenvalue weighted by Gasteiger charge is -2.10. The van der Waals surface area contributed by atoms with Crippen LogP contribution in [0.15, 0.2) is 12.3 Å². The lowest BCUT2D eigenvalue weighted by Crippen LogP contribution is -2.16. The Morgan fingerprint density at radius 1 is 1.50 bits per heavy atom. The molecule has 14 heavy (non-hydrogen) atoms. The maximum Gasteiger partial charge on any atom is 0.247 e. The minimum absolute atomic E-state index is 0.198. The van der Waals surface area contributed by atoms with Gasteiger partial charge in [0.2, 0.25) is 5.92 Å². The molecule has 78 valence electrons. The number of anilines is 1. The average Bonchev–Trinajstić information content (AvgIpc) is 2.01. The Labute approximate surface area is 81.6 Å². The van der Waals surface area contributed by atoms with Crippen molar-refractivity contribution in [3.63, 3.8) is 0 Å². The van der Waals surface area contributed by atoms with E-state index in [0.29, 0.717) is 11.6 Å². The number of nitrogens with one attached hydrogen (secondary N) is 1. The van der Waals surface area contributed by atoms with Crippen molar-refractivity contribution in [2.75, 3.05) is 11.9 Å². The Kier molecular flexibility index (Phi) is 3.33. The molecule has 1 heterocycles. The van der Waals surface area contributed by atoms with E-state index in [-0.39, 0.29) is 13.0 Å². The number of aromatic nitrogens is 2. The molecule has 0 atom stereocenters. The molecule has 0 saturated carbocycles. The summed E-state index contributed by atoms with van der Waals surface area (Å²) in [5.41, 5.74) is 0. The molecule has 1 rings (SSSR count). The van der Waals surface area contributed by atoms with Crippen LogP contribution in [0, 0.1) is 6.92 Å². The average molecular weight is 201 g/mol. The van der Waals surface area contributed by atoms with Crippen molar-refractivity contribution in [2.45, 2.75) is 26.2 Å². The summed E-state index contributed by atoms with van der Waals surface area (Å²) in [5.74, 6) is -1.42. The van der Waals surface area contributed by atoms with E-state index < -0.39 is 5.92 Å². The zero-order chi connectivity index (χ0) is 10.6. The molecule has 0 aliphatic heterocycles. The van der Waals surface area contributed by atoms with Crippen molar-refractivity contribution >= 4 is 5.82 Å². The first-order valence-electron chi connectivity index (χ1n) is 4.39. The summed E-state index contributed by atoms with van der Waals surface area (Å²) in [5, 5.41) is 2.81. The zero-order valence-corrected chi connectivity index (χ0v) is 8.22. The molecule has 0 aliphatic rings. The van der Waals surface area contributed by atoms with Crippen LogP contribution >= 0.6 is 0 Å². The predicted molar refractivity (Wildman–Crippen MR) is 50.5 cm³/mol. The second kappa shape index (κ2) is 4.30. The third kappa shape index (κ3) is 4.11. The van der Waals surface area contributed by atoms with Crippen molar-refractivity contribution in [3.8, 4) is 0 Å².